The highest BCUT2D eigenvalue weighted by molar-refractivity contribution is 6.21. The van der Waals surface area contributed by atoms with Crippen molar-refractivity contribution in [3.05, 3.63) is 35.9 Å². The fraction of sp³-hybridized carbons (Fsp3) is 0.100. The van der Waals surface area contributed by atoms with Crippen molar-refractivity contribution in [1.29, 1.82) is 0 Å². The van der Waals surface area contributed by atoms with E-state index in [-0.39, 0.29) is 17.4 Å². The fourth-order valence-electron chi connectivity index (χ4n) is 1.34. The number of alkyl halides is 3. The summed E-state index contributed by atoms with van der Waals surface area (Å²) in [5.74, 6) is -0.800. The number of para-hydroxylation sites is 1. The van der Waals surface area contributed by atoms with Crippen molar-refractivity contribution in [2.45, 2.75) is 6.18 Å². The smallest absolute Gasteiger partial charge is 0.410 e. The van der Waals surface area contributed by atoms with E-state index in [2.05, 4.69) is 4.74 Å². The lowest BCUT2D eigenvalue weighted by Gasteiger charge is -1.99. The Hall–Kier alpha value is -1.78. The van der Waals surface area contributed by atoms with Crippen molar-refractivity contribution in [1.82, 2.24) is 0 Å². The van der Waals surface area contributed by atoms with Gasteiger partial charge in [-0.3, -0.25) is 0 Å². The predicted octanol–water partition coefficient (Wildman–Crippen LogP) is 2.55. The van der Waals surface area contributed by atoms with Gasteiger partial charge in [0.1, 0.15) is 5.75 Å². The third-order valence-corrected chi connectivity index (χ3v) is 1.91. The van der Waals surface area contributed by atoms with Gasteiger partial charge >= 0.3 is 12.1 Å². The van der Waals surface area contributed by atoms with Crippen LogP contribution in [-0.4, -0.2) is 12.1 Å². The van der Waals surface area contributed by atoms with Crippen LogP contribution in [0.2, 0.25) is 0 Å². The molecule has 1 aromatic carbocycles. The molecule has 78 valence electrons. The van der Waals surface area contributed by atoms with Crippen LogP contribution in [0.5, 0.6) is 5.75 Å². The Bertz CT molecular complexity index is 446. The minimum absolute atomic E-state index is 0.0405. The summed E-state index contributed by atoms with van der Waals surface area (Å²) in [6.45, 7) is 0. The van der Waals surface area contributed by atoms with Crippen LogP contribution in [0.3, 0.4) is 0 Å². The molecule has 0 N–H and O–H groups in total. The fourth-order valence-corrected chi connectivity index (χ4v) is 1.34. The summed E-state index contributed by atoms with van der Waals surface area (Å²) in [6.07, 6.45) is -4.56. The van der Waals surface area contributed by atoms with E-state index in [0.29, 0.717) is 0 Å². The van der Waals surface area contributed by atoms with Crippen molar-refractivity contribution in [2.24, 2.45) is 0 Å². The van der Waals surface area contributed by atoms with Gasteiger partial charge in [-0.1, -0.05) is 18.2 Å². The highest BCUT2D eigenvalue weighted by Crippen LogP contribution is 2.36. The lowest BCUT2D eigenvalue weighted by Crippen LogP contribution is -2.07. The first kappa shape index (κ1) is 9.76. The summed E-state index contributed by atoms with van der Waals surface area (Å²) < 4.78 is 40.9. The van der Waals surface area contributed by atoms with Gasteiger partial charge in [-0.05, 0) is 6.07 Å². The van der Waals surface area contributed by atoms with Crippen molar-refractivity contribution in [3.8, 4) is 5.75 Å². The van der Waals surface area contributed by atoms with E-state index >= 15 is 0 Å². The van der Waals surface area contributed by atoms with Crippen LogP contribution in [0, 0.1) is 0 Å². The lowest BCUT2D eigenvalue weighted by molar-refractivity contribution is -0.127. The molecule has 0 bridgehead atoms. The molecule has 0 atom stereocenters. The van der Waals surface area contributed by atoms with Crippen molar-refractivity contribution in [3.63, 3.8) is 0 Å². The lowest BCUT2D eigenvalue weighted by atomic mass is 10.1. The predicted molar refractivity (Wildman–Crippen MR) is 46.1 cm³/mol. The normalized spacial score (nSPS) is 17.8. The molecule has 0 fully saturated rings. The maximum absolute atomic E-state index is 12.1. The van der Waals surface area contributed by atoms with Gasteiger partial charge in [0.25, 0.3) is 0 Å². The van der Waals surface area contributed by atoms with E-state index in [1.54, 1.807) is 12.1 Å². The van der Waals surface area contributed by atoms with E-state index in [9.17, 15) is 18.0 Å². The van der Waals surface area contributed by atoms with Crippen LogP contribution in [0.25, 0.3) is 5.57 Å². The Morgan fingerprint density at radius 3 is 2.53 bits per heavy atom. The molecule has 1 heterocycles. The summed E-state index contributed by atoms with van der Waals surface area (Å²) in [5, 5.41) is 0. The van der Waals surface area contributed by atoms with Crippen LogP contribution in [0.15, 0.2) is 30.3 Å². The molecule has 15 heavy (non-hydrogen) atoms. The molecule has 0 saturated heterocycles. The van der Waals surface area contributed by atoms with Gasteiger partial charge in [-0.2, -0.15) is 13.2 Å². The summed E-state index contributed by atoms with van der Waals surface area (Å²) in [7, 11) is 0. The number of ether oxygens (including phenoxy) is 1. The first-order chi connectivity index (χ1) is 6.97. The Balaban J connectivity index is 2.52. The molecular weight excluding hydrogens is 209 g/mol. The topological polar surface area (TPSA) is 26.3 Å². The largest absolute Gasteiger partial charge is 0.422 e. The number of fused-ring (bicyclic) bond motifs is 1. The number of rotatable bonds is 0. The highest BCUT2D eigenvalue weighted by atomic mass is 19.4. The number of carbonyl (C=O) groups is 1. The highest BCUT2D eigenvalue weighted by Gasteiger charge is 2.33. The molecule has 0 unspecified atom stereocenters. The average molecular weight is 214 g/mol. The molecule has 2 rings (SSSR count). The number of benzene rings is 1. The van der Waals surface area contributed by atoms with Crippen molar-refractivity contribution in [2.75, 3.05) is 0 Å². The molecule has 0 radical (unpaired) electrons. The van der Waals surface area contributed by atoms with E-state index < -0.39 is 17.7 Å². The minimum Gasteiger partial charge on any atom is -0.422 e. The SMILES string of the molecule is O=C1Oc2ccccc2C1=CC(F)(F)F. The summed E-state index contributed by atoms with van der Waals surface area (Å²) in [5.41, 5.74) is -0.266. The standard InChI is InChI=1S/C10H5F3O2/c11-10(12,13)5-7-6-3-1-2-4-8(6)15-9(7)14/h1-5H. The van der Waals surface area contributed by atoms with Crippen molar-refractivity contribution >= 4 is 11.5 Å². The molecule has 5 heteroatoms. The van der Waals surface area contributed by atoms with Crippen LogP contribution in [0.1, 0.15) is 5.56 Å². The second-order valence-corrected chi connectivity index (χ2v) is 2.99. The van der Waals surface area contributed by atoms with Gasteiger partial charge in [0.2, 0.25) is 0 Å². The Kier molecular flexibility index (Phi) is 2.03. The number of hydrogen-bond acceptors (Lipinski definition) is 2. The van der Waals surface area contributed by atoms with Crippen LogP contribution >= 0.6 is 0 Å². The summed E-state index contributed by atoms with van der Waals surface area (Å²) in [4.78, 5) is 11.1. The average Bonchev–Trinajstić information content (AvgIpc) is 2.41. The third-order valence-electron chi connectivity index (χ3n) is 1.91. The van der Waals surface area contributed by atoms with Gasteiger partial charge in [0, 0.05) is 11.6 Å². The number of hydrogen-bond donors (Lipinski definition) is 0. The van der Waals surface area contributed by atoms with E-state index in [1.807, 2.05) is 0 Å². The molecule has 0 aliphatic carbocycles. The van der Waals surface area contributed by atoms with Crippen LogP contribution < -0.4 is 4.74 Å². The number of halogens is 3. The van der Waals surface area contributed by atoms with Gasteiger partial charge in [-0.25, -0.2) is 4.79 Å². The zero-order chi connectivity index (χ0) is 11.1. The first-order valence-corrected chi connectivity index (χ1v) is 4.08. The second kappa shape index (κ2) is 3.12. The number of allylic oxidation sites excluding steroid dienone is 1. The molecular formula is C10H5F3O2. The molecule has 0 saturated carbocycles. The second-order valence-electron chi connectivity index (χ2n) is 2.99. The van der Waals surface area contributed by atoms with Gasteiger partial charge < -0.3 is 4.74 Å². The van der Waals surface area contributed by atoms with Crippen LogP contribution in [0.4, 0.5) is 13.2 Å². The van der Waals surface area contributed by atoms with Gasteiger partial charge in [0.05, 0.1) is 5.57 Å². The Labute approximate surface area is 83.0 Å². The molecule has 2 nitrogen and oxygen atoms in total. The first-order valence-electron chi connectivity index (χ1n) is 4.08. The molecule has 0 spiro atoms. The maximum atomic E-state index is 12.1. The molecule has 1 aliphatic rings. The summed E-state index contributed by atoms with van der Waals surface area (Å²) >= 11 is 0. The maximum Gasteiger partial charge on any atom is 0.410 e. The summed E-state index contributed by atoms with van der Waals surface area (Å²) in [6, 6.07) is 6.00. The molecule has 0 amide bonds. The zero-order valence-corrected chi connectivity index (χ0v) is 7.34. The number of carbonyl (C=O) groups excluding carboxylic acids is 1. The van der Waals surface area contributed by atoms with E-state index in [1.165, 1.54) is 12.1 Å². The Morgan fingerprint density at radius 1 is 1.20 bits per heavy atom. The molecule has 1 aliphatic heterocycles. The number of esters is 1. The Morgan fingerprint density at radius 2 is 1.87 bits per heavy atom. The molecule has 1 aromatic rings. The van der Waals surface area contributed by atoms with Crippen LogP contribution in [-0.2, 0) is 4.79 Å². The monoisotopic (exact) mass is 214 g/mol. The van der Waals surface area contributed by atoms with Crippen molar-refractivity contribution < 1.29 is 22.7 Å². The van der Waals surface area contributed by atoms with E-state index in [4.69, 9.17) is 0 Å². The van der Waals surface area contributed by atoms with Gasteiger partial charge in [-0.15, -0.1) is 0 Å². The van der Waals surface area contributed by atoms with Gasteiger partial charge in [0.15, 0.2) is 0 Å². The van der Waals surface area contributed by atoms with E-state index in [0.717, 1.165) is 0 Å². The zero-order valence-electron chi connectivity index (χ0n) is 7.34. The molecule has 0 aromatic heterocycles. The quantitative estimate of drug-likeness (QED) is 0.377. The third kappa shape index (κ3) is 1.86. The minimum atomic E-state index is -4.52.